The van der Waals surface area contributed by atoms with Crippen molar-refractivity contribution in [2.75, 3.05) is 52.3 Å². The lowest BCUT2D eigenvalue weighted by molar-refractivity contribution is -0.134. The number of carbonyl (C=O) groups excluding carboxylic acids is 1. The van der Waals surface area contributed by atoms with Crippen molar-refractivity contribution in [3.63, 3.8) is 0 Å². The van der Waals surface area contributed by atoms with E-state index in [0.29, 0.717) is 5.88 Å². The van der Waals surface area contributed by atoms with E-state index in [2.05, 4.69) is 4.90 Å². The van der Waals surface area contributed by atoms with Gasteiger partial charge >= 0.3 is 0 Å². The van der Waals surface area contributed by atoms with Gasteiger partial charge in [-0.05, 0) is 13.0 Å². The minimum Gasteiger partial charge on any atom is -0.383 e. The Morgan fingerprint density at radius 3 is 2.76 bits per heavy atom. The van der Waals surface area contributed by atoms with Crippen LogP contribution in [0.3, 0.4) is 0 Å². The van der Waals surface area contributed by atoms with Crippen molar-refractivity contribution in [2.24, 2.45) is 5.92 Å². The molecule has 1 aliphatic heterocycles. The number of alkyl halides is 1. The SMILES string of the molecule is COCCN1CCCN(C(=O)C(C)CCl)CC1. The Morgan fingerprint density at radius 2 is 2.12 bits per heavy atom. The second kappa shape index (κ2) is 7.90. The number of carbonyl (C=O) groups is 1. The zero-order valence-corrected chi connectivity index (χ0v) is 11.6. The van der Waals surface area contributed by atoms with Crippen LogP contribution < -0.4 is 0 Å². The van der Waals surface area contributed by atoms with Crippen LogP contribution in [0.1, 0.15) is 13.3 Å². The predicted molar refractivity (Wildman–Crippen MR) is 69.4 cm³/mol. The summed E-state index contributed by atoms with van der Waals surface area (Å²) in [5, 5.41) is 0. The molecule has 1 aliphatic rings. The summed E-state index contributed by atoms with van der Waals surface area (Å²) in [4.78, 5) is 16.3. The van der Waals surface area contributed by atoms with E-state index in [0.717, 1.165) is 45.8 Å². The Hall–Kier alpha value is -0.320. The van der Waals surface area contributed by atoms with Crippen molar-refractivity contribution >= 4 is 17.5 Å². The van der Waals surface area contributed by atoms with E-state index in [1.54, 1.807) is 7.11 Å². The van der Waals surface area contributed by atoms with Gasteiger partial charge in [0.1, 0.15) is 0 Å². The molecule has 4 nitrogen and oxygen atoms in total. The summed E-state index contributed by atoms with van der Waals surface area (Å²) in [5.74, 6) is 0.527. The first-order chi connectivity index (χ1) is 8.19. The third-order valence-electron chi connectivity index (χ3n) is 3.16. The average Bonchev–Trinajstić information content (AvgIpc) is 2.59. The van der Waals surface area contributed by atoms with E-state index in [1.165, 1.54) is 0 Å². The summed E-state index contributed by atoms with van der Waals surface area (Å²) in [5.41, 5.74) is 0. The van der Waals surface area contributed by atoms with Gasteiger partial charge in [0.2, 0.25) is 5.91 Å². The Labute approximate surface area is 109 Å². The minimum absolute atomic E-state index is 0.0674. The van der Waals surface area contributed by atoms with Gasteiger partial charge in [0.05, 0.1) is 6.61 Å². The largest absolute Gasteiger partial charge is 0.383 e. The van der Waals surface area contributed by atoms with Crippen molar-refractivity contribution in [3.05, 3.63) is 0 Å². The zero-order chi connectivity index (χ0) is 12.7. The Bertz CT molecular complexity index is 239. The molecular weight excluding hydrogens is 240 g/mol. The highest BCUT2D eigenvalue weighted by molar-refractivity contribution is 6.19. The molecule has 0 N–H and O–H groups in total. The van der Waals surface area contributed by atoms with Gasteiger partial charge in [-0.2, -0.15) is 0 Å². The summed E-state index contributed by atoms with van der Waals surface area (Å²) in [6.45, 7) is 7.23. The van der Waals surface area contributed by atoms with Crippen LogP contribution in [0.25, 0.3) is 0 Å². The molecule has 1 saturated heterocycles. The molecule has 0 aromatic carbocycles. The molecule has 1 unspecified atom stereocenters. The normalized spacial score (nSPS) is 20.1. The molecule has 0 saturated carbocycles. The second-order valence-electron chi connectivity index (χ2n) is 4.57. The van der Waals surface area contributed by atoms with Gasteiger partial charge in [-0.15, -0.1) is 11.6 Å². The Kier molecular flexibility index (Phi) is 6.85. The van der Waals surface area contributed by atoms with Gasteiger partial charge in [-0.25, -0.2) is 0 Å². The summed E-state index contributed by atoms with van der Waals surface area (Å²) >= 11 is 5.73. The number of nitrogens with zero attached hydrogens (tertiary/aromatic N) is 2. The van der Waals surface area contributed by atoms with Crippen molar-refractivity contribution in [1.29, 1.82) is 0 Å². The van der Waals surface area contributed by atoms with E-state index in [9.17, 15) is 4.79 Å². The molecule has 0 aromatic heterocycles. The number of methoxy groups -OCH3 is 1. The van der Waals surface area contributed by atoms with E-state index < -0.39 is 0 Å². The maximum atomic E-state index is 12.0. The lowest BCUT2D eigenvalue weighted by Gasteiger charge is -2.23. The molecule has 0 radical (unpaired) electrons. The first-order valence-electron chi connectivity index (χ1n) is 6.25. The molecule has 1 atom stereocenters. The lowest BCUT2D eigenvalue weighted by Crippen LogP contribution is -2.39. The van der Waals surface area contributed by atoms with Gasteiger partial charge in [-0.3, -0.25) is 9.69 Å². The lowest BCUT2D eigenvalue weighted by atomic mass is 10.2. The summed E-state index contributed by atoms with van der Waals surface area (Å²) in [7, 11) is 1.72. The van der Waals surface area contributed by atoms with Gasteiger partial charge in [0.15, 0.2) is 0 Å². The smallest absolute Gasteiger partial charge is 0.226 e. The van der Waals surface area contributed by atoms with Crippen LogP contribution in [0.4, 0.5) is 0 Å². The number of hydrogen-bond donors (Lipinski definition) is 0. The molecule has 0 spiro atoms. The van der Waals surface area contributed by atoms with Crippen LogP contribution in [-0.2, 0) is 9.53 Å². The molecule has 1 amide bonds. The fourth-order valence-electron chi connectivity index (χ4n) is 2.01. The highest BCUT2D eigenvalue weighted by Crippen LogP contribution is 2.09. The third kappa shape index (κ3) is 4.82. The van der Waals surface area contributed by atoms with Gasteiger partial charge in [0.25, 0.3) is 0 Å². The van der Waals surface area contributed by atoms with Gasteiger partial charge in [0, 0.05) is 45.1 Å². The van der Waals surface area contributed by atoms with E-state index in [-0.39, 0.29) is 11.8 Å². The molecule has 100 valence electrons. The van der Waals surface area contributed by atoms with E-state index >= 15 is 0 Å². The quantitative estimate of drug-likeness (QED) is 0.694. The van der Waals surface area contributed by atoms with Crippen LogP contribution in [-0.4, -0.2) is 68.0 Å². The van der Waals surface area contributed by atoms with Crippen LogP contribution >= 0.6 is 11.6 Å². The standard InChI is InChI=1S/C12H23ClN2O2/c1-11(10-13)12(16)15-5-3-4-14(6-7-15)8-9-17-2/h11H,3-10H2,1-2H3. The molecule has 1 fully saturated rings. The number of amides is 1. The van der Waals surface area contributed by atoms with Crippen molar-refractivity contribution < 1.29 is 9.53 Å². The first kappa shape index (κ1) is 14.7. The molecule has 1 heterocycles. The molecule has 0 aliphatic carbocycles. The highest BCUT2D eigenvalue weighted by atomic mass is 35.5. The molecule has 0 bridgehead atoms. The number of ether oxygens (including phenoxy) is 1. The maximum Gasteiger partial charge on any atom is 0.226 e. The zero-order valence-electron chi connectivity index (χ0n) is 10.8. The Morgan fingerprint density at radius 1 is 1.35 bits per heavy atom. The third-order valence-corrected chi connectivity index (χ3v) is 3.63. The van der Waals surface area contributed by atoms with Gasteiger partial charge in [-0.1, -0.05) is 6.92 Å². The van der Waals surface area contributed by atoms with Crippen molar-refractivity contribution in [2.45, 2.75) is 13.3 Å². The average molecular weight is 263 g/mol. The predicted octanol–water partition coefficient (Wildman–Crippen LogP) is 1.04. The van der Waals surface area contributed by atoms with Crippen LogP contribution in [0.15, 0.2) is 0 Å². The summed E-state index contributed by atoms with van der Waals surface area (Å²) in [6.07, 6.45) is 1.03. The van der Waals surface area contributed by atoms with E-state index in [1.807, 2.05) is 11.8 Å². The highest BCUT2D eigenvalue weighted by Gasteiger charge is 2.22. The molecule has 5 heteroatoms. The topological polar surface area (TPSA) is 32.8 Å². The maximum absolute atomic E-state index is 12.0. The molecule has 17 heavy (non-hydrogen) atoms. The van der Waals surface area contributed by atoms with Crippen LogP contribution in [0.5, 0.6) is 0 Å². The monoisotopic (exact) mass is 262 g/mol. The van der Waals surface area contributed by atoms with Crippen LogP contribution in [0.2, 0.25) is 0 Å². The number of halogens is 1. The summed E-state index contributed by atoms with van der Waals surface area (Å²) in [6, 6.07) is 0. The molecule has 0 aromatic rings. The van der Waals surface area contributed by atoms with Gasteiger partial charge < -0.3 is 9.64 Å². The van der Waals surface area contributed by atoms with E-state index in [4.69, 9.17) is 16.3 Å². The van der Waals surface area contributed by atoms with Crippen molar-refractivity contribution in [3.8, 4) is 0 Å². The molecular formula is C12H23ClN2O2. The first-order valence-corrected chi connectivity index (χ1v) is 6.78. The fourth-order valence-corrected chi connectivity index (χ4v) is 2.14. The fraction of sp³-hybridized carbons (Fsp3) is 0.917. The second-order valence-corrected chi connectivity index (χ2v) is 4.88. The minimum atomic E-state index is -0.0674. The van der Waals surface area contributed by atoms with Crippen molar-refractivity contribution in [1.82, 2.24) is 9.80 Å². The number of rotatable bonds is 5. The van der Waals surface area contributed by atoms with Crippen LogP contribution in [0, 0.1) is 5.92 Å². The number of hydrogen-bond acceptors (Lipinski definition) is 3. The molecule has 1 rings (SSSR count). The Balaban J connectivity index is 2.39. The summed E-state index contributed by atoms with van der Waals surface area (Å²) < 4.78 is 5.08.